The second kappa shape index (κ2) is 4.95. The highest BCUT2D eigenvalue weighted by Gasteiger charge is 2.18. The predicted octanol–water partition coefficient (Wildman–Crippen LogP) is 0.460. The van der Waals surface area contributed by atoms with E-state index < -0.39 is 17.1 Å². The van der Waals surface area contributed by atoms with Crippen LogP contribution in [0.15, 0.2) is 14.4 Å². The van der Waals surface area contributed by atoms with Gasteiger partial charge in [0.15, 0.2) is 0 Å². The number of nitrogens with zero attached hydrogens (tertiary/aromatic N) is 3. The Hall–Kier alpha value is -1.24. The van der Waals surface area contributed by atoms with Crippen LogP contribution in [0.2, 0.25) is 0 Å². The van der Waals surface area contributed by atoms with E-state index in [1.807, 2.05) is 0 Å². The molecule has 1 heterocycles. The third-order valence-corrected chi connectivity index (χ3v) is 3.06. The third kappa shape index (κ3) is 2.24. The molecule has 0 amide bonds. The molecular formula is C10H17N3O3S. The highest BCUT2D eigenvalue weighted by atomic mass is 32.2. The lowest BCUT2D eigenvalue weighted by Gasteiger charge is -2.16. The van der Waals surface area contributed by atoms with Crippen molar-refractivity contribution < 1.29 is 0 Å². The Kier molecular flexibility index (Phi) is 4.03. The summed E-state index contributed by atoms with van der Waals surface area (Å²) >= 11 is 1.00. The number of rotatable bonds is 3. The summed E-state index contributed by atoms with van der Waals surface area (Å²) in [6.07, 6.45) is 1.63. The van der Waals surface area contributed by atoms with E-state index in [-0.39, 0.29) is 12.1 Å². The predicted molar refractivity (Wildman–Crippen MR) is 68.9 cm³/mol. The first-order valence-corrected chi connectivity index (χ1v) is 6.55. The fourth-order valence-electron chi connectivity index (χ4n) is 1.60. The van der Waals surface area contributed by atoms with Crippen LogP contribution in [-0.2, 0) is 0 Å². The minimum absolute atomic E-state index is 0.279. The Morgan fingerprint density at radius 1 is 0.824 bits per heavy atom. The lowest BCUT2D eigenvalue weighted by atomic mass is 10.4. The molecule has 0 bridgehead atoms. The monoisotopic (exact) mass is 259 g/mol. The van der Waals surface area contributed by atoms with E-state index in [0.29, 0.717) is 0 Å². The average molecular weight is 259 g/mol. The molecule has 0 aliphatic heterocycles. The molecule has 0 unspecified atom stereocenters. The zero-order chi connectivity index (χ0) is 13.3. The third-order valence-electron chi connectivity index (χ3n) is 2.39. The molecule has 0 aromatic carbocycles. The van der Waals surface area contributed by atoms with Crippen LogP contribution >= 0.6 is 11.9 Å². The maximum Gasteiger partial charge on any atom is 0.346 e. The molecule has 7 heteroatoms. The van der Waals surface area contributed by atoms with Crippen molar-refractivity contribution in [3.8, 4) is 0 Å². The van der Waals surface area contributed by atoms with Gasteiger partial charge in [-0.25, -0.2) is 23.5 Å². The number of hydrogen-bond acceptors (Lipinski definition) is 4. The van der Waals surface area contributed by atoms with E-state index in [1.54, 1.807) is 34.0 Å². The molecule has 1 rings (SSSR count). The Morgan fingerprint density at radius 2 is 1.18 bits per heavy atom. The van der Waals surface area contributed by atoms with Gasteiger partial charge in [-0.1, -0.05) is 0 Å². The summed E-state index contributed by atoms with van der Waals surface area (Å²) < 4.78 is 3.19. The lowest BCUT2D eigenvalue weighted by Crippen LogP contribution is -2.54. The summed E-state index contributed by atoms with van der Waals surface area (Å²) in [7, 11) is 0. The summed E-state index contributed by atoms with van der Waals surface area (Å²) in [5.74, 6) is 0. The number of aromatic nitrogens is 3. The van der Waals surface area contributed by atoms with Crippen LogP contribution in [-0.4, -0.2) is 19.4 Å². The van der Waals surface area contributed by atoms with Crippen molar-refractivity contribution in [3.05, 3.63) is 31.5 Å². The molecule has 6 nitrogen and oxygen atoms in total. The highest BCUT2D eigenvalue weighted by molar-refractivity contribution is 7.97. The van der Waals surface area contributed by atoms with Gasteiger partial charge in [-0.3, -0.25) is 0 Å². The van der Waals surface area contributed by atoms with E-state index in [4.69, 9.17) is 0 Å². The Balaban J connectivity index is 3.91. The van der Waals surface area contributed by atoms with Crippen LogP contribution < -0.4 is 17.1 Å². The standard InChI is InChI=1S/C10H17N3O3S/c1-6(2)11-8(14)12(7(3)4)10(16)13(17-5)9(11)15/h6-7H,1-5H3. The normalized spacial score (nSPS) is 11.5. The first-order valence-electron chi connectivity index (χ1n) is 5.37. The SMILES string of the molecule is CSn1c(=O)n(C(C)C)c(=O)n(C(C)C)c1=O. The zero-order valence-electron chi connectivity index (χ0n) is 10.6. The molecular weight excluding hydrogens is 242 g/mol. The van der Waals surface area contributed by atoms with Crippen molar-refractivity contribution in [2.75, 3.05) is 6.26 Å². The maximum absolute atomic E-state index is 12.1. The molecule has 0 aliphatic rings. The first kappa shape index (κ1) is 13.8. The second-order valence-corrected chi connectivity index (χ2v) is 4.98. The summed E-state index contributed by atoms with van der Waals surface area (Å²) in [4.78, 5) is 36.0. The smallest absolute Gasteiger partial charge is 0.247 e. The molecule has 1 aromatic rings. The Labute approximate surface area is 103 Å². The van der Waals surface area contributed by atoms with E-state index in [0.717, 1.165) is 25.1 Å². The molecule has 0 atom stereocenters. The minimum Gasteiger partial charge on any atom is -0.247 e. The minimum atomic E-state index is -0.570. The van der Waals surface area contributed by atoms with Gasteiger partial charge in [-0.2, -0.15) is 3.97 Å². The molecule has 0 saturated carbocycles. The van der Waals surface area contributed by atoms with Crippen molar-refractivity contribution in [2.45, 2.75) is 39.8 Å². The maximum atomic E-state index is 12.1. The Bertz CT molecular complexity index is 534. The van der Waals surface area contributed by atoms with Gasteiger partial charge in [-0.15, -0.1) is 0 Å². The second-order valence-electron chi connectivity index (χ2n) is 4.25. The van der Waals surface area contributed by atoms with Gasteiger partial charge in [0.2, 0.25) is 0 Å². The van der Waals surface area contributed by atoms with Gasteiger partial charge in [0.05, 0.1) is 0 Å². The molecule has 1 aromatic heterocycles. The van der Waals surface area contributed by atoms with Gasteiger partial charge >= 0.3 is 17.1 Å². The average Bonchev–Trinajstić information content (AvgIpc) is 2.16. The van der Waals surface area contributed by atoms with Crippen LogP contribution in [0, 0.1) is 0 Å². The fraction of sp³-hybridized carbons (Fsp3) is 0.700. The first-order chi connectivity index (χ1) is 7.82. The molecule has 0 spiro atoms. The van der Waals surface area contributed by atoms with Crippen LogP contribution in [0.25, 0.3) is 0 Å². The quantitative estimate of drug-likeness (QED) is 0.791. The molecule has 0 N–H and O–H groups in total. The van der Waals surface area contributed by atoms with E-state index in [9.17, 15) is 14.4 Å². The van der Waals surface area contributed by atoms with Crippen molar-refractivity contribution >= 4 is 11.9 Å². The van der Waals surface area contributed by atoms with E-state index >= 15 is 0 Å². The summed E-state index contributed by atoms with van der Waals surface area (Å²) in [6, 6.07) is -0.557. The largest absolute Gasteiger partial charge is 0.346 e. The van der Waals surface area contributed by atoms with Gasteiger partial charge in [0.25, 0.3) is 0 Å². The van der Waals surface area contributed by atoms with Crippen molar-refractivity contribution in [1.29, 1.82) is 0 Å². The van der Waals surface area contributed by atoms with E-state index in [2.05, 4.69) is 0 Å². The molecule has 0 aliphatic carbocycles. The van der Waals surface area contributed by atoms with E-state index in [1.165, 1.54) is 0 Å². The summed E-state index contributed by atoms with van der Waals surface area (Å²) in [5, 5.41) is 0. The van der Waals surface area contributed by atoms with Gasteiger partial charge < -0.3 is 0 Å². The topological polar surface area (TPSA) is 66.0 Å². The van der Waals surface area contributed by atoms with Crippen LogP contribution in [0.5, 0.6) is 0 Å². The van der Waals surface area contributed by atoms with Crippen molar-refractivity contribution in [3.63, 3.8) is 0 Å². The van der Waals surface area contributed by atoms with Gasteiger partial charge in [-0.05, 0) is 39.6 Å². The molecule has 0 fully saturated rings. The van der Waals surface area contributed by atoms with Gasteiger partial charge in [0, 0.05) is 18.3 Å². The highest BCUT2D eigenvalue weighted by Crippen LogP contribution is 1.99. The molecule has 96 valence electrons. The molecule has 0 radical (unpaired) electrons. The van der Waals surface area contributed by atoms with Crippen LogP contribution in [0.4, 0.5) is 0 Å². The fourth-order valence-corrected chi connectivity index (χ4v) is 2.09. The molecule has 0 saturated heterocycles. The number of hydrogen-bond donors (Lipinski definition) is 0. The Morgan fingerprint density at radius 3 is 1.41 bits per heavy atom. The van der Waals surface area contributed by atoms with Crippen LogP contribution in [0.3, 0.4) is 0 Å². The van der Waals surface area contributed by atoms with Crippen LogP contribution in [0.1, 0.15) is 39.8 Å². The molecule has 17 heavy (non-hydrogen) atoms. The lowest BCUT2D eigenvalue weighted by molar-refractivity contribution is 0.435. The summed E-state index contributed by atoms with van der Waals surface area (Å²) in [5.41, 5.74) is -1.69. The van der Waals surface area contributed by atoms with Gasteiger partial charge in [0.1, 0.15) is 0 Å². The van der Waals surface area contributed by atoms with Crippen molar-refractivity contribution in [1.82, 2.24) is 13.1 Å². The van der Waals surface area contributed by atoms with Crippen molar-refractivity contribution in [2.24, 2.45) is 0 Å². The zero-order valence-corrected chi connectivity index (χ0v) is 11.4. The summed E-state index contributed by atoms with van der Waals surface area (Å²) in [6.45, 7) is 6.95.